The molecule has 9 nitrogen and oxygen atoms in total. The number of hydrogen-bond donors (Lipinski definition) is 4. The van der Waals surface area contributed by atoms with Gasteiger partial charge in [0.2, 0.25) is 5.88 Å². The lowest BCUT2D eigenvalue weighted by Gasteiger charge is -2.26. The Labute approximate surface area is 193 Å². The van der Waals surface area contributed by atoms with Gasteiger partial charge in [0.15, 0.2) is 12.1 Å². The number of H-pyrrole nitrogens is 1. The molecule has 33 heavy (non-hydrogen) atoms. The van der Waals surface area contributed by atoms with E-state index in [2.05, 4.69) is 25.9 Å². The fourth-order valence-corrected chi connectivity index (χ4v) is 4.44. The van der Waals surface area contributed by atoms with Gasteiger partial charge in [-0.15, -0.1) is 10.2 Å². The minimum absolute atomic E-state index is 0.205. The van der Waals surface area contributed by atoms with Crippen molar-refractivity contribution >= 4 is 0 Å². The number of rotatable bonds is 10. The van der Waals surface area contributed by atoms with Gasteiger partial charge in [0, 0.05) is 23.5 Å². The first kappa shape index (κ1) is 23.3. The van der Waals surface area contributed by atoms with E-state index < -0.39 is 6.29 Å². The van der Waals surface area contributed by atoms with Gasteiger partial charge >= 0.3 is 0 Å². The number of hydrogen-bond acceptors (Lipinski definition) is 8. The van der Waals surface area contributed by atoms with Crippen molar-refractivity contribution in [2.45, 2.75) is 57.3 Å². The van der Waals surface area contributed by atoms with Crippen molar-refractivity contribution in [3.05, 3.63) is 53.9 Å². The van der Waals surface area contributed by atoms with E-state index >= 15 is 0 Å². The third-order valence-corrected chi connectivity index (χ3v) is 6.22. The molecule has 9 heteroatoms. The Morgan fingerprint density at radius 1 is 1.09 bits per heavy atom. The fourth-order valence-electron chi connectivity index (χ4n) is 4.44. The average Bonchev–Trinajstić information content (AvgIpc) is 3.37. The van der Waals surface area contributed by atoms with Crippen molar-refractivity contribution in [3.63, 3.8) is 0 Å². The Balaban J connectivity index is 1.48. The maximum atomic E-state index is 9.97. The molecule has 4 N–H and O–H groups in total. The molecule has 0 aliphatic carbocycles. The average molecular weight is 453 g/mol. The summed E-state index contributed by atoms with van der Waals surface area (Å²) in [6.45, 7) is 3.97. The van der Waals surface area contributed by atoms with Crippen LogP contribution in [0.15, 0.2) is 42.5 Å². The topological polar surface area (TPSA) is 129 Å². The lowest BCUT2D eigenvalue weighted by atomic mass is 9.82. The molecule has 1 aliphatic heterocycles. The fraction of sp³-hybridized carbons (Fsp3) is 0.500. The molecule has 3 heterocycles. The van der Waals surface area contributed by atoms with Gasteiger partial charge in [-0.3, -0.25) is 0 Å². The molecule has 176 valence electrons. The number of nitrogens with zero attached hydrogens (tertiary/aromatic N) is 4. The molecule has 1 saturated heterocycles. The third-order valence-electron chi connectivity index (χ3n) is 6.22. The first-order chi connectivity index (χ1) is 16.1. The predicted molar refractivity (Wildman–Crippen MR) is 123 cm³/mol. The van der Waals surface area contributed by atoms with Gasteiger partial charge in [0.05, 0.1) is 5.69 Å². The van der Waals surface area contributed by atoms with Crippen molar-refractivity contribution in [1.29, 1.82) is 0 Å². The third kappa shape index (κ3) is 6.13. The second kappa shape index (κ2) is 11.3. The van der Waals surface area contributed by atoms with Crippen molar-refractivity contribution in [3.8, 4) is 17.1 Å². The Morgan fingerprint density at radius 3 is 2.55 bits per heavy atom. The highest BCUT2D eigenvalue weighted by molar-refractivity contribution is 5.60. The van der Waals surface area contributed by atoms with Crippen molar-refractivity contribution in [2.24, 2.45) is 5.92 Å². The molecule has 1 aromatic carbocycles. The van der Waals surface area contributed by atoms with Gasteiger partial charge in [-0.2, -0.15) is 5.21 Å². The van der Waals surface area contributed by atoms with Crippen molar-refractivity contribution in [1.82, 2.24) is 30.9 Å². The zero-order valence-electron chi connectivity index (χ0n) is 18.9. The number of nitrogens with one attached hydrogen (secondary N) is 2. The number of benzene rings is 1. The first-order valence-corrected chi connectivity index (χ1v) is 11.7. The standard InChI is InChI=1S/C24H32N6O3/c1-2-4-19(24(31)32)20(23-27-29-30-28-23)15-16-7-9-17(10-8-16)21-5-3-6-22(26-21)33-18-11-13-25-14-12-18/h3,5-10,18-20,24-25,31-32H,2,4,11-15H2,1H3,(H,27,28,29,30)/t19-,20-/m0/s1. The zero-order chi connectivity index (χ0) is 23.0. The van der Waals surface area contributed by atoms with E-state index in [1.165, 1.54) is 0 Å². The van der Waals surface area contributed by atoms with E-state index in [9.17, 15) is 10.2 Å². The van der Waals surface area contributed by atoms with Crippen LogP contribution in [0.1, 0.15) is 49.9 Å². The molecule has 3 aromatic rings. The number of ether oxygens (including phenoxy) is 1. The molecule has 4 rings (SSSR count). The highest BCUT2D eigenvalue weighted by Gasteiger charge is 2.31. The van der Waals surface area contributed by atoms with Gasteiger partial charge in [-0.1, -0.05) is 48.9 Å². The molecule has 0 radical (unpaired) electrons. The second-order valence-corrected chi connectivity index (χ2v) is 8.57. The summed E-state index contributed by atoms with van der Waals surface area (Å²) in [4.78, 5) is 4.70. The van der Waals surface area contributed by atoms with Gasteiger partial charge in [0.25, 0.3) is 0 Å². The quantitative estimate of drug-likeness (QED) is 0.345. The van der Waals surface area contributed by atoms with E-state index in [0.717, 1.165) is 49.2 Å². The molecule has 0 spiro atoms. The van der Waals surface area contributed by atoms with E-state index in [4.69, 9.17) is 9.72 Å². The van der Waals surface area contributed by atoms with Crippen molar-refractivity contribution in [2.75, 3.05) is 13.1 Å². The van der Waals surface area contributed by atoms with E-state index in [1.807, 2.05) is 49.4 Å². The molecule has 2 atom stereocenters. The minimum Gasteiger partial charge on any atom is -0.474 e. The molecule has 0 unspecified atom stereocenters. The number of aliphatic hydroxyl groups excluding tert-OH is 1. The smallest absolute Gasteiger partial charge is 0.214 e. The Hall–Kier alpha value is -2.88. The summed E-state index contributed by atoms with van der Waals surface area (Å²) in [5.74, 6) is 0.516. The number of pyridine rings is 1. The predicted octanol–water partition coefficient (Wildman–Crippen LogP) is 2.45. The van der Waals surface area contributed by atoms with E-state index in [0.29, 0.717) is 24.5 Å². The molecule has 0 amide bonds. The van der Waals surface area contributed by atoms with Gasteiger partial charge < -0.3 is 20.3 Å². The SMILES string of the molecule is CCC[C@H](C(O)O)[C@H](Cc1ccc(-c2cccc(OC3CCNCC3)n2)cc1)c1nn[nH]n1. The number of aromatic nitrogens is 5. The number of tetrazole rings is 1. The van der Waals surface area contributed by atoms with Crippen LogP contribution >= 0.6 is 0 Å². The molecule has 0 saturated carbocycles. The summed E-state index contributed by atoms with van der Waals surface area (Å²) in [5.41, 5.74) is 2.91. The van der Waals surface area contributed by atoms with Gasteiger partial charge in [-0.25, -0.2) is 4.98 Å². The van der Waals surface area contributed by atoms with Crippen molar-refractivity contribution < 1.29 is 14.9 Å². The van der Waals surface area contributed by atoms with Crippen LogP contribution in [0.5, 0.6) is 5.88 Å². The largest absolute Gasteiger partial charge is 0.474 e. The highest BCUT2D eigenvalue weighted by Crippen LogP contribution is 2.32. The van der Waals surface area contributed by atoms with Crippen LogP contribution in [0.4, 0.5) is 0 Å². The van der Waals surface area contributed by atoms with Crippen LogP contribution in [0.2, 0.25) is 0 Å². The molecule has 0 bridgehead atoms. The summed E-state index contributed by atoms with van der Waals surface area (Å²) in [6, 6.07) is 14.0. The molecule has 2 aromatic heterocycles. The summed E-state index contributed by atoms with van der Waals surface area (Å²) in [6.07, 6.45) is 2.80. The van der Waals surface area contributed by atoms with Crippen LogP contribution in [0, 0.1) is 5.92 Å². The number of piperidine rings is 1. The number of aliphatic hydroxyl groups is 2. The van der Waals surface area contributed by atoms with E-state index in [1.54, 1.807) is 0 Å². The summed E-state index contributed by atoms with van der Waals surface area (Å²) in [7, 11) is 0. The molecular weight excluding hydrogens is 420 g/mol. The molecule has 1 fully saturated rings. The highest BCUT2D eigenvalue weighted by atomic mass is 16.5. The Bertz CT molecular complexity index is 974. The first-order valence-electron chi connectivity index (χ1n) is 11.7. The second-order valence-electron chi connectivity index (χ2n) is 8.57. The normalized spacial score (nSPS) is 16.6. The monoisotopic (exact) mass is 452 g/mol. The van der Waals surface area contributed by atoms with E-state index in [-0.39, 0.29) is 17.9 Å². The summed E-state index contributed by atoms with van der Waals surface area (Å²) in [5, 5.41) is 37.7. The maximum absolute atomic E-state index is 9.97. The lowest BCUT2D eigenvalue weighted by molar-refractivity contribution is -0.0943. The lowest BCUT2D eigenvalue weighted by Crippen LogP contribution is -2.34. The zero-order valence-corrected chi connectivity index (χ0v) is 18.9. The molecule has 1 aliphatic rings. The maximum Gasteiger partial charge on any atom is 0.214 e. The Morgan fingerprint density at radius 2 is 1.88 bits per heavy atom. The van der Waals surface area contributed by atoms with Gasteiger partial charge in [0.1, 0.15) is 6.10 Å². The minimum atomic E-state index is -1.44. The van der Waals surface area contributed by atoms with Crippen LogP contribution in [-0.4, -0.2) is 61.3 Å². The number of aromatic amines is 1. The summed E-state index contributed by atoms with van der Waals surface area (Å²) < 4.78 is 6.09. The Kier molecular flexibility index (Phi) is 7.98. The van der Waals surface area contributed by atoms with Crippen LogP contribution in [0.3, 0.4) is 0 Å². The van der Waals surface area contributed by atoms with Crippen LogP contribution < -0.4 is 10.1 Å². The summed E-state index contributed by atoms with van der Waals surface area (Å²) >= 11 is 0. The van der Waals surface area contributed by atoms with Gasteiger partial charge in [-0.05, 0) is 50.4 Å². The molecular formula is C24H32N6O3. The van der Waals surface area contributed by atoms with Crippen LogP contribution in [-0.2, 0) is 6.42 Å². The van der Waals surface area contributed by atoms with Crippen LogP contribution in [0.25, 0.3) is 11.3 Å².